The Bertz CT molecular complexity index is 1390. The molecule has 226 valence electrons. The largest absolute Gasteiger partial charge is 0.381 e. The minimum absolute atomic E-state index is 0.252. The van der Waals surface area contributed by atoms with Gasteiger partial charge in [0.1, 0.15) is 11.6 Å². The number of nitrogens with one attached hydrogen (secondary N) is 2. The lowest BCUT2D eigenvalue weighted by Gasteiger charge is -2.35. The van der Waals surface area contributed by atoms with Gasteiger partial charge in [0, 0.05) is 56.6 Å². The van der Waals surface area contributed by atoms with Crippen molar-refractivity contribution >= 4 is 29.2 Å². The third-order valence-corrected chi connectivity index (χ3v) is 8.93. The summed E-state index contributed by atoms with van der Waals surface area (Å²) < 4.78 is 11.4. The number of morpholine rings is 1. The molecular formula is C31H39N9O3. The lowest BCUT2D eigenvalue weighted by Crippen LogP contribution is -2.47. The number of piperazine rings is 1. The summed E-state index contributed by atoms with van der Waals surface area (Å²) in [5, 5.41) is 5.79. The van der Waals surface area contributed by atoms with Crippen LogP contribution in [0.5, 0.6) is 0 Å². The number of hydrogen-bond acceptors (Lipinski definition) is 10. The van der Waals surface area contributed by atoms with Crippen LogP contribution in [0.25, 0.3) is 11.4 Å². The third-order valence-electron chi connectivity index (χ3n) is 8.93. The van der Waals surface area contributed by atoms with Crippen molar-refractivity contribution in [1.82, 2.24) is 24.8 Å². The molecule has 2 aromatic heterocycles. The Kier molecular flexibility index (Phi) is 8.05. The van der Waals surface area contributed by atoms with Crippen molar-refractivity contribution in [1.29, 1.82) is 0 Å². The van der Waals surface area contributed by atoms with E-state index in [2.05, 4.69) is 37.4 Å². The van der Waals surface area contributed by atoms with Gasteiger partial charge in [0.2, 0.25) is 5.95 Å². The fourth-order valence-corrected chi connectivity index (χ4v) is 6.40. The molecule has 4 aliphatic heterocycles. The highest BCUT2D eigenvalue weighted by atomic mass is 16.5. The first-order valence-corrected chi connectivity index (χ1v) is 15.4. The number of pyridine rings is 1. The van der Waals surface area contributed by atoms with Gasteiger partial charge in [-0.1, -0.05) is 0 Å². The van der Waals surface area contributed by atoms with Crippen LogP contribution in [0.15, 0.2) is 42.6 Å². The Labute approximate surface area is 251 Å². The van der Waals surface area contributed by atoms with Gasteiger partial charge in [0.05, 0.1) is 37.2 Å². The molecule has 0 aliphatic carbocycles. The molecular weight excluding hydrogens is 546 g/mol. The Morgan fingerprint density at radius 3 is 2.21 bits per heavy atom. The zero-order valence-corrected chi connectivity index (χ0v) is 24.6. The van der Waals surface area contributed by atoms with Crippen molar-refractivity contribution < 1.29 is 14.3 Å². The summed E-state index contributed by atoms with van der Waals surface area (Å²) in [5.41, 5.74) is 2.20. The van der Waals surface area contributed by atoms with Gasteiger partial charge in [-0.25, -0.2) is 14.8 Å². The Morgan fingerprint density at radius 2 is 1.51 bits per heavy atom. The van der Waals surface area contributed by atoms with E-state index in [-0.39, 0.29) is 11.9 Å². The van der Waals surface area contributed by atoms with Crippen molar-refractivity contribution in [3.63, 3.8) is 0 Å². The fraction of sp³-hybridized carbons (Fsp3) is 0.516. The molecule has 0 spiro atoms. The van der Waals surface area contributed by atoms with Gasteiger partial charge >= 0.3 is 6.03 Å². The first-order valence-electron chi connectivity index (χ1n) is 15.4. The normalized spacial score (nSPS) is 22.9. The standard InChI is InChI=1S/C31H39N9O3/c1-38-12-14-39(15-13-38)27-9-6-24(18-32-27)34-31(41)33-23-4-2-21(3-5-23)28-35-29(22-10-16-42-17-11-22)37-30(36-28)40-25-7-8-26(40)20-43-19-25/h2-6,9,18,22,25-26H,7-8,10-17,19-20H2,1H3,(H2,33,34,41). The molecule has 7 rings (SSSR count). The number of urea groups is 1. The molecule has 12 heteroatoms. The fourth-order valence-electron chi connectivity index (χ4n) is 6.40. The van der Waals surface area contributed by atoms with Crippen LogP contribution in [0.4, 0.5) is 27.9 Å². The minimum Gasteiger partial charge on any atom is -0.381 e. The minimum atomic E-state index is -0.325. The van der Waals surface area contributed by atoms with Crippen molar-refractivity contribution in [2.75, 3.05) is 80.1 Å². The second-order valence-corrected chi connectivity index (χ2v) is 11.9. The maximum absolute atomic E-state index is 12.7. The van der Waals surface area contributed by atoms with Crippen molar-refractivity contribution in [2.24, 2.45) is 0 Å². The first kappa shape index (κ1) is 27.9. The lowest BCUT2D eigenvalue weighted by molar-refractivity contribution is 0.0831. The first-order chi connectivity index (χ1) is 21.1. The van der Waals surface area contributed by atoms with Gasteiger partial charge in [-0.05, 0) is 69.1 Å². The molecule has 12 nitrogen and oxygen atoms in total. The van der Waals surface area contributed by atoms with Crippen LogP contribution >= 0.6 is 0 Å². The second kappa shape index (κ2) is 12.4. The number of amides is 2. The highest BCUT2D eigenvalue weighted by molar-refractivity contribution is 5.99. The maximum Gasteiger partial charge on any atom is 0.323 e. The second-order valence-electron chi connectivity index (χ2n) is 11.9. The van der Waals surface area contributed by atoms with E-state index in [1.165, 1.54) is 0 Å². The summed E-state index contributed by atoms with van der Waals surface area (Å²) in [6, 6.07) is 11.8. The van der Waals surface area contributed by atoms with E-state index in [0.29, 0.717) is 42.5 Å². The average molecular weight is 586 g/mol. The van der Waals surface area contributed by atoms with Crippen LogP contribution in [0.1, 0.15) is 37.4 Å². The van der Waals surface area contributed by atoms with Crippen molar-refractivity contribution in [3.05, 3.63) is 48.4 Å². The van der Waals surface area contributed by atoms with Crippen LogP contribution in [-0.2, 0) is 9.47 Å². The highest BCUT2D eigenvalue weighted by Crippen LogP contribution is 2.34. The highest BCUT2D eigenvalue weighted by Gasteiger charge is 2.39. The predicted molar refractivity (Wildman–Crippen MR) is 165 cm³/mol. The van der Waals surface area contributed by atoms with Crippen LogP contribution in [0.2, 0.25) is 0 Å². The van der Waals surface area contributed by atoms with Crippen LogP contribution in [0, 0.1) is 0 Å². The number of hydrogen-bond donors (Lipinski definition) is 2. The molecule has 2 unspecified atom stereocenters. The third kappa shape index (κ3) is 6.27. The lowest BCUT2D eigenvalue weighted by atomic mass is 9.99. The van der Waals surface area contributed by atoms with Crippen molar-refractivity contribution in [3.8, 4) is 11.4 Å². The van der Waals surface area contributed by atoms with E-state index in [9.17, 15) is 4.79 Å². The summed E-state index contributed by atoms with van der Waals surface area (Å²) in [6.07, 6.45) is 5.70. The number of anilines is 4. The summed E-state index contributed by atoms with van der Waals surface area (Å²) >= 11 is 0. The SMILES string of the molecule is CN1CCN(c2ccc(NC(=O)Nc3ccc(-c4nc(C5CCOCC5)nc(N5C6CCC5COC6)n4)cc3)cn2)CC1. The molecule has 6 heterocycles. The number of carbonyl (C=O) groups excluding carboxylic acids is 1. The number of ether oxygens (including phenoxy) is 2. The van der Waals surface area contributed by atoms with Gasteiger partial charge in [0.25, 0.3) is 0 Å². The number of benzene rings is 1. The zero-order chi connectivity index (χ0) is 29.2. The van der Waals surface area contributed by atoms with E-state index in [4.69, 9.17) is 24.4 Å². The number of rotatable bonds is 6. The number of fused-ring (bicyclic) bond motifs is 2. The van der Waals surface area contributed by atoms with E-state index >= 15 is 0 Å². The Balaban J connectivity index is 1.04. The molecule has 2 N–H and O–H groups in total. The Morgan fingerprint density at radius 1 is 0.814 bits per heavy atom. The molecule has 4 saturated heterocycles. The molecule has 43 heavy (non-hydrogen) atoms. The van der Waals surface area contributed by atoms with E-state index in [1.807, 2.05) is 36.4 Å². The van der Waals surface area contributed by atoms with Gasteiger partial charge in [0.15, 0.2) is 5.82 Å². The predicted octanol–water partition coefficient (Wildman–Crippen LogP) is 3.59. The molecule has 2 bridgehead atoms. The maximum atomic E-state index is 12.7. The number of aromatic nitrogens is 4. The number of carbonyl (C=O) groups is 1. The van der Waals surface area contributed by atoms with Crippen LogP contribution in [0.3, 0.4) is 0 Å². The zero-order valence-electron chi connectivity index (χ0n) is 24.6. The van der Waals surface area contributed by atoms with E-state index in [0.717, 1.165) is 88.2 Å². The molecule has 1 aromatic carbocycles. The topological polar surface area (TPSA) is 121 Å². The van der Waals surface area contributed by atoms with Gasteiger partial charge in [-0.2, -0.15) is 9.97 Å². The summed E-state index contributed by atoms with van der Waals surface area (Å²) in [7, 11) is 2.13. The van der Waals surface area contributed by atoms with Crippen LogP contribution < -0.4 is 20.4 Å². The van der Waals surface area contributed by atoms with Crippen LogP contribution in [-0.4, -0.2) is 103 Å². The molecule has 4 aliphatic rings. The quantitative estimate of drug-likeness (QED) is 0.444. The molecule has 3 aromatic rings. The molecule has 0 saturated carbocycles. The monoisotopic (exact) mass is 585 g/mol. The average Bonchev–Trinajstić information content (AvgIpc) is 3.30. The van der Waals surface area contributed by atoms with Gasteiger partial charge in [-0.15, -0.1) is 0 Å². The summed E-state index contributed by atoms with van der Waals surface area (Å²) in [4.78, 5) is 39.1. The van der Waals surface area contributed by atoms with E-state index < -0.39 is 0 Å². The Hall–Kier alpha value is -3.87. The van der Waals surface area contributed by atoms with Gasteiger partial charge < -0.3 is 34.8 Å². The summed E-state index contributed by atoms with van der Waals surface area (Å²) in [6.45, 7) is 6.80. The molecule has 0 radical (unpaired) electrons. The molecule has 4 fully saturated rings. The molecule has 2 atom stereocenters. The molecule has 2 amide bonds. The van der Waals surface area contributed by atoms with Gasteiger partial charge in [-0.3, -0.25) is 0 Å². The number of likely N-dealkylation sites (N-methyl/N-ethyl adjacent to an activating group) is 1. The number of nitrogens with zero attached hydrogens (tertiary/aromatic N) is 7. The summed E-state index contributed by atoms with van der Waals surface area (Å²) in [5.74, 6) is 3.42. The van der Waals surface area contributed by atoms with Crippen molar-refractivity contribution in [2.45, 2.75) is 43.7 Å². The smallest absolute Gasteiger partial charge is 0.323 e. The van der Waals surface area contributed by atoms with E-state index in [1.54, 1.807) is 6.20 Å².